The number of carbonyl (C=O) groups is 2. The fourth-order valence-electron chi connectivity index (χ4n) is 3.61. The third-order valence-electron chi connectivity index (χ3n) is 5.47. The van der Waals surface area contributed by atoms with Gasteiger partial charge in [0.05, 0.1) is 16.3 Å². The fourth-order valence-corrected chi connectivity index (χ4v) is 3.89. The second kappa shape index (κ2) is 11.2. The molecule has 8 nitrogen and oxygen atoms in total. The Hall–Kier alpha value is -3.62. The molecule has 0 bridgehead atoms. The molecular weight excluding hydrogens is 487 g/mol. The van der Waals surface area contributed by atoms with E-state index in [1.165, 1.54) is 12.3 Å². The van der Waals surface area contributed by atoms with E-state index in [0.717, 1.165) is 31.5 Å². The molecule has 1 aromatic heterocycles. The first-order valence-corrected chi connectivity index (χ1v) is 11.8. The summed E-state index contributed by atoms with van der Waals surface area (Å²) in [4.78, 5) is 36.2. The number of nitrogens with one attached hydrogen (secondary N) is 2. The van der Waals surface area contributed by atoms with E-state index in [1.807, 2.05) is 17.0 Å². The number of pyridine rings is 1. The van der Waals surface area contributed by atoms with Crippen LogP contribution >= 0.6 is 23.2 Å². The number of carbonyl (C=O) groups excluding carboxylic acids is 2. The van der Waals surface area contributed by atoms with Gasteiger partial charge in [0, 0.05) is 36.4 Å². The summed E-state index contributed by atoms with van der Waals surface area (Å²) in [6, 6.07) is 15.1. The van der Waals surface area contributed by atoms with E-state index in [2.05, 4.69) is 20.6 Å². The number of aliphatic imine (C=N–C) groups is 1. The monoisotopic (exact) mass is 510 g/mol. The molecule has 4 N–H and O–H groups in total. The Morgan fingerprint density at radius 1 is 0.943 bits per heavy atom. The van der Waals surface area contributed by atoms with Gasteiger partial charge in [0.25, 0.3) is 11.8 Å². The third kappa shape index (κ3) is 6.49. The molecular formula is C25H24Cl2N6O2. The maximum absolute atomic E-state index is 12.9. The molecule has 0 unspecified atom stereocenters. The number of hydrogen-bond acceptors (Lipinski definition) is 6. The van der Waals surface area contributed by atoms with Crippen molar-refractivity contribution < 1.29 is 9.59 Å². The Kier molecular flexibility index (Phi) is 7.84. The number of benzene rings is 2. The van der Waals surface area contributed by atoms with Crippen LogP contribution in [0.2, 0.25) is 10.0 Å². The number of anilines is 2. The Morgan fingerprint density at radius 3 is 2.46 bits per heavy atom. The second-order valence-corrected chi connectivity index (χ2v) is 8.90. The van der Waals surface area contributed by atoms with E-state index >= 15 is 0 Å². The summed E-state index contributed by atoms with van der Waals surface area (Å²) in [5.41, 5.74) is 8.05. The lowest BCUT2D eigenvalue weighted by Crippen LogP contribution is -2.36. The van der Waals surface area contributed by atoms with Crippen molar-refractivity contribution >= 4 is 52.5 Å². The molecule has 2 aromatic carbocycles. The van der Waals surface area contributed by atoms with Crippen LogP contribution in [0.15, 0.2) is 65.8 Å². The molecule has 0 saturated carbocycles. The molecule has 0 aliphatic carbocycles. The van der Waals surface area contributed by atoms with E-state index < -0.39 is 5.91 Å². The van der Waals surface area contributed by atoms with Gasteiger partial charge in [-0.2, -0.15) is 0 Å². The molecule has 0 spiro atoms. The highest BCUT2D eigenvalue weighted by atomic mass is 35.5. The smallest absolute Gasteiger partial charge is 0.258 e. The summed E-state index contributed by atoms with van der Waals surface area (Å²) in [5, 5.41) is 6.28. The Labute approximate surface area is 213 Å². The number of aromatic nitrogens is 1. The van der Waals surface area contributed by atoms with Gasteiger partial charge in [0.1, 0.15) is 5.82 Å². The molecule has 2 amide bonds. The van der Waals surface area contributed by atoms with E-state index in [4.69, 9.17) is 28.9 Å². The van der Waals surface area contributed by atoms with Crippen LogP contribution in [0.5, 0.6) is 0 Å². The average molecular weight is 511 g/mol. The Morgan fingerprint density at radius 2 is 1.71 bits per heavy atom. The lowest BCUT2D eigenvalue weighted by molar-refractivity contribution is 0.102. The average Bonchev–Trinajstić information content (AvgIpc) is 3.06. The highest BCUT2D eigenvalue weighted by Crippen LogP contribution is 2.23. The van der Waals surface area contributed by atoms with E-state index in [9.17, 15) is 9.59 Å². The van der Waals surface area contributed by atoms with Crippen LogP contribution in [0.3, 0.4) is 0 Å². The zero-order chi connectivity index (χ0) is 24.8. The largest absolute Gasteiger partial charge is 0.370 e. The number of hydrogen-bond donors (Lipinski definition) is 3. The van der Waals surface area contributed by atoms with Crippen LogP contribution in [0.1, 0.15) is 39.1 Å². The molecule has 1 aliphatic rings. The van der Waals surface area contributed by atoms with Crippen molar-refractivity contribution in [3.63, 3.8) is 0 Å². The minimum Gasteiger partial charge on any atom is -0.370 e. The molecule has 2 heterocycles. The number of rotatable bonds is 6. The first-order chi connectivity index (χ1) is 16.9. The van der Waals surface area contributed by atoms with Gasteiger partial charge in [-0.1, -0.05) is 35.3 Å². The third-order valence-corrected chi connectivity index (χ3v) is 5.93. The zero-order valence-corrected chi connectivity index (χ0v) is 20.3. The predicted octanol–water partition coefficient (Wildman–Crippen LogP) is 4.80. The van der Waals surface area contributed by atoms with Crippen molar-refractivity contribution in [1.82, 2.24) is 9.88 Å². The molecule has 1 aliphatic heterocycles. The number of amides is 2. The molecule has 180 valence electrons. The van der Waals surface area contributed by atoms with Gasteiger partial charge in [-0.25, -0.2) is 4.98 Å². The normalized spacial score (nSPS) is 13.5. The quantitative estimate of drug-likeness (QED) is 0.440. The van der Waals surface area contributed by atoms with Gasteiger partial charge in [-0.15, -0.1) is 0 Å². The van der Waals surface area contributed by atoms with Crippen molar-refractivity contribution in [1.29, 1.82) is 0 Å². The summed E-state index contributed by atoms with van der Waals surface area (Å²) in [6.45, 7) is 2.23. The van der Waals surface area contributed by atoms with Gasteiger partial charge >= 0.3 is 0 Å². The minimum atomic E-state index is -0.468. The molecule has 0 atom stereocenters. The topological polar surface area (TPSA) is 113 Å². The van der Waals surface area contributed by atoms with E-state index in [0.29, 0.717) is 39.6 Å². The maximum atomic E-state index is 12.9. The van der Waals surface area contributed by atoms with Crippen LogP contribution in [0.4, 0.5) is 11.5 Å². The second-order valence-electron chi connectivity index (χ2n) is 8.03. The number of guanidine groups is 1. The van der Waals surface area contributed by atoms with Crippen LogP contribution in [0, 0.1) is 0 Å². The van der Waals surface area contributed by atoms with Crippen molar-refractivity contribution in [2.24, 2.45) is 10.7 Å². The van der Waals surface area contributed by atoms with Gasteiger partial charge in [-0.3, -0.25) is 14.6 Å². The van der Waals surface area contributed by atoms with Gasteiger partial charge in [-0.05, 0) is 60.9 Å². The van der Waals surface area contributed by atoms with Crippen LogP contribution in [-0.2, 0) is 6.54 Å². The number of nitrogens with zero attached hydrogens (tertiary/aromatic N) is 3. The number of nitrogens with two attached hydrogens (primary N) is 1. The lowest BCUT2D eigenvalue weighted by Gasteiger charge is -2.22. The van der Waals surface area contributed by atoms with Crippen LogP contribution in [0.25, 0.3) is 0 Å². The Balaban J connectivity index is 1.45. The standard InChI is InChI=1S/C25H24Cl2N6O2/c26-18-7-9-21(20(13-18)24(35)32-22-10-8-19(27)14-30-22)31-23(34)17-5-3-16(4-6-17)15-33-12-2-1-11-29-25(33)28/h3-10,13-14H,1-2,11-12,15H2,(H2,28,29)(H,31,34)(H,30,32,35). The molecule has 35 heavy (non-hydrogen) atoms. The first kappa shape index (κ1) is 24.5. The molecule has 0 fully saturated rings. The maximum Gasteiger partial charge on any atom is 0.258 e. The first-order valence-electron chi connectivity index (χ1n) is 11.1. The lowest BCUT2D eigenvalue weighted by atomic mass is 10.1. The van der Waals surface area contributed by atoms with Crippen molar-refractivity contribution in [3.05, 3.63) is 87.5 Å². The molecule has 0 radical (unpaired) electrons. The van der Waals surface area contributed by atoms with Gasteiger partial charge in [0.2, 0.25) is 0 Å². The Bertz CT molecular complexity index is 1250. The molecule has 4 rings (SSSR count). The van der Waals surface area contributed by atoms with Crippen molar-refractivity contribution in [3.8, 4) is 0 Å². The van der Waals surface area contributed by atoms with Gasteiger partial charge < -0.3 is 21.3 Å². The molecule has 0 saturated heterocycles. The van der Waals surface area contributed by atoms with Gasteiger partial charge in [0.15, 0.2) is 5.96 Å². The summed E-state index contributed by atoms with van der Waals surface area (Å²) in [6.07, 6.45) is 3.49. The van der Waals surface area contributed by atoms with Crippen LogP contribution < -0.4 is 16.4 Å². The SMILES string of the molecule is NC1=NCCCCN1Cc1ccc(C(=O)Nc2ccc(Cl)cc2C(=O)Nc2ccc(Cl)cn2)cc1. The molecule has 3 aromatic rings. The van der Waals surface area contributed by atoms with Crippen LogP contribution in [-0.4, -0.2) is 40.7 Å². The highest BCUT2D eigenvalue weighted by Gasteiger charge is 2.17. The van der Waals surface area contributed by atoms with Crippen molar-refractivity contribution in [2.45, 2.75) is 19.4 Å². The predicted molar refractivity (Wildman–Crippen MR) is 139 cm³/mol. The molecule has 10 heteroatoms. The summed E-state index contributed by atoms with van der Waals surface area (Å²) in [5.74, 6) is 0.0482. The van der Waals surface area contributed by atoms with E-state index in [-0.39, 0.29) is 11.5 Å². The number of halogens is 2. The summed E-state index contributed by atoms with van der Waals surface area (Å²) >= 11 is 12.0. The summed E-state index contributed by atoms with van der Waals surface area (Å²) in [7, 11) is 0. The van der Waals surface area contributed by atoms with Crippen molar-refractivity contribution in [2.75, 3.05) is 23.7 Å². The fraction of sp³-hybridized carbons (Fsp3) is 0.200. The van der Waals surface area contributed by atoms with E-state index in [1.54, 1.807) is 36.4 Å². The highest BCUT2D eigenvalue weighted by molar-refractivity contribution is 6.31. The summed E-state index contributed by atoms with van der Waals surface area (Å²) < 4.78 is 0. The zero-order valence-electron chi connectivity index (χ0n) is 18.8. The minimum absolute atomic E-state index is 0.204.